The van der Waals surface area contributed by atoms with Crippen LogP contribution in [0.1, 0.15) is 5.56 Å². The molecule has 0 saturated heterocycles. The van der Waals surface area contributed by atoms with Crippen LogP contribution < -0.4 is 15.4 Å². The minimum atomic E-state index is -0.992. The molecule has 1 aromatic heterocycles. The lowest BCUT2D eigenvalue weighted by molar-refractivity contribution is -0.135. The molecule has 0 fully saturated rings. The van der Waals surface area contributed by atoms with Gasteiger partial charge in [0.15, 0.2) is 5.96 Å². The van der Waals surface area contributed by atoms with Gasteiger partial charge in [-0.05, 0) is 6.07 Å². The highest BCUT2D eigenvalue weighted by Gasteiger charge is 2.10. The monoisotopic (exact) mass is 397 g/mol. The van der Waals surface area contributed by atoms with E-state index in [1.54, 1.807) is 7.11 Å². The number of aromatic nitrogens is 2. The summed E-state index contributed by atoms with van der Waals surface area (Å²) in [7, 11) is 1.59. The summed E-state index contributed by atoms with van der Waals surface area (Å²) >= 11 is 1.35. The van der Waals surface area contributed by atoms with Crippen molar-refractivity contribution >= 4 is 28.4 Å². The Hall–Kier alpha value is -3.46. The predicted octanol–water partition coefficient (Wildman–Crippen LogP) is 2.86. The fourth-order valence-corrected chi connectivity index (χ4v) is 3.12. The fourth-order valence-electron chi connectivity index (χ4n) is 2.37. The van der Waals surface area contributed by atoms with Gasteiger partial charge in [-0.3, -0.25) is 4.79 Å². The molecule has 9 heteroatoms. The van der Waals surface area contributed by atoms with Gasteiger partial charge >= 0.3 is 5.97 Å². The van der Waals surface area contributed by atoms with Crippen LogP contribution in [0.4, 0.5) is 5.13 Å². The Bertz CT molecular complexity index is 959. The molecule has 1 heterocycles. The van der Waals surface area contributed by atoms with Crippen molar-refractivity contribution in [3.05, 3.63) is 60.2 Å². The molecule has 0 radical (unpaired) electrons. The van der Waals surface area contributed by atoms with Crippen LogP contribution in [0.3, 0.4) is 0 Å². The van der Waals surface area contributed by atoms with Crippen LogP contribution in [0.25, 0.3) is 10.6 Å². The van der Waals surface area contributed by atoms with Gasteiger partial charge in [0.25, 0.3) is 0 Å². The van der Waals surface area contributed by atoms with E-state index in [0.717, 1.165) is 16.1 Å². The summed E-state index contributed by atoms with van der Waals surface area (Å²) in [5.74, 6) is 0.0178. The number of para-hydroxylation sites is 1. The van der Waals surface area contributed by atoms with Crippen LogP contribution in [0.15, 0.2) is 59.6 Å². The lowest BCUT2D eigenvalue weighted by Gasteiger charge is -2.10. The van der Waals surface area contributed by atoms with Crippen LogP contribution in [-0.2, 0) is 11.3 Å². The first-order valence-corrected chi connectivity index (χ1v) is 9.25. The third-order valence-corrected chi connectivity index (χ3v) is 4.57. The summed E-state index contributed by atoms with van der Waals surface area (Å²) in [6, 6.07) is 17.2. The molecule has 0 atom stereocenters. The molecule has 144 valence electrons. The zero-order chi connectivity index (χ0) is 19.8. The number of nitrogens with zero attached hydrogens (tertiary/aromatic N) is 3. The second kappa shape index (κ2) is 9.47. The first-order chi connectivity index (χ1) is 13.7. The van der Waals surface area contributed by atoms with E-state index in [2.05, 4.69) is 25.8 Å². The molecule has 0 aliphatic heterocycles. The van der Waals surface area contributed by atoms with E-state index in [9.17, 15) is 4.79 Å². The first-order valence-electron chi connectivity index (χ1n) is 8.43. The second-order valence-electron chi connectivity index (χ2n) is 5.63. The van der Waals surface area contributed by atoms with E-state index in [1.165, 1.54) is 11.3 Å². The molecule has 0 aliphatic rings. The molecular weight excluding hydrogens is 378 g/mol. The van der Waals surface area contributed by atoms with E-state index in [4.69, 9.17) is 9.84 Å². The van der Waals surface area contributed by atoms with Crippen LogP contribution in [0, 0.1) is 0 Å². The van der Waals surface area contributed by atoms with Gasteiger partial charge in [0.1, 0.15) is 17.3 Å². The van der Waals surface area contributed by atoms with Gasteiger partial charge in [0, 0.05) is 11.1 Å². The van der Waals surface area contributed by atoms with Gasteiger partial charge < -0.3 is 20.5 Å². The average molecular weight is 397 g/mol. The number of benzene rings is 2. The zero-order valence-corrected chi connectivity index (χ0v) is 15.9. The lowest BCUT2D eigenvalue weighted by Crippen LogP contribution is -2.34. The van der Waals surface area contributed by atoms with Gasteiger partial charge in [-0.15, -0.1) is 10.2 Å². The van der Waals surface area contributed by atoms with Crippen molar-refractivity contribution in [3.63, 3.8) is 0 Å². The molecule has 0 amide bonds. The van der Waals surface area contributed by atoms with Crippen molar-refractivity contribution in [1.29, 1.82) is 0 Å². The fraction of sp³-hybridized carbons (Fsp3) is 0.158. The van der Waals surface area contributed by atoms with Crippen LogP contribution in [0.5, 0.6) is 5.75 Å². The molecule has 0 bridgehead atoms. The van der Waals surface area contributed by atoms with Gasteiger partial charge in [0.05, 0.1) is 13.7 Å². The molecule has 0 saturated carbocycles. The highest BCUT2D eigenvalue weighted by molar-refractivity contribution is 7.18. The number of methoxy groups -OCH3 is 1. The molecule has 0 aliphatic carbocycles. The quantitative estimate of drug-likeness (QED) is 0.415. The maximum atomic E-state index is 10.9. The third kappa shape index (κ3) is 5.27. The van der Waals surface area contributed by atoms with Crippen molar-refractivity contribution in [1.82, 2.24) is 15.5 Å². The Labute approximate surface area is 165 Å². The van der Waals surface area contributed by atoms with Gasteiger partial charge in [-0.1, -0.05) is 59.9 Å². The van der Waals surface area contributed by atoms with Crippen LogP contribution in [0.2, 0.25) is 0 Å². The average Bonchev–Trinajstić information content (AvgIpc) is 3.19. The number of ether oxygens (including phenoxy) is 1. The number of rotatable bonds is 7. The van der Waals surface area contributed by atoms with E-state index in [0.29, 0.717) is 23.4 Å². The minimum Gasteiger partial charge on any atom is -0.496 e. The van der Waals surface area contributed by atoms with Crippen molar-refractivity contribution in [2.45, 2.75) is 6.54 Å². The zero-order valence-electron chi connectivity index (χ0n) is 15.1. The summed E-state index contributed by atoms with van der Waals surface area (Å²) in [5, 5.41) is 24.3. The Kier molecular flexibility index (Phi) is 6.53. The van der Waals surface area contributed by atoms with Crippen LogP contribution >= 0.6 is 11.3 Å². The SMILES string of the molecule is COc1ccccc1CN=C(NCC(=O)O)Nc1nnc(-c2ccccc2)s1. The summed E-state index contributed by atoms with van der Waals surface area (Å²) in [6.45, 7) is 0.0332. The third-order valence-electron chi connectivity index (χ3n) is 3.68. The van der Waals surface area contributed by atoms with Gasteiger partial charge in [-0.25, -0.2) is 4.99 Å². The number of hydrogen-bond acceptors (Lipinski definition) is 6. The van der Waals surface area contributed by atoms with E-state index in [1.807, 2.05) is 54.6 Å². The van der Waals surface area contributed by atoms with Crippen LogP contribution in [-0.4, -0.2) is 40.9 Å². The lowest BCUT2D eigenvalue weighted by atomic mass is 10.2. The summed E-state index contributed by atoms with van der Waals surface area (Å²) in [5.41, 5.74) is 1.84. The maximum absolute atomic E-state index is 10.9. The highest BCUT2D eigenvalue weighted by atomic mass is 32.1. The molecule has 0 unspecified atom stereocenters. The number of aliphatic imine (C=N–C) groups is 1. The number of carboxylic acids is 1. The van der Waals surface area contributed by atoms with Gasteiger partial charge in [0.2, 0.25) is 5.13 Å². The number of anilines is 1. The van der Waals surface area contributed by atoms with Crippen molar-refractivity contribution in [2.24, 2.45) is 4.99 Å². The second-order valence-corrected chi connectivity index (χ2v) is 6.60. The molecular formula is C19H19N5O3S. The van der Waals surface area contributed by atoms with Crippen molar-refractivity contribution in [3.8, 4) is 16.3 Å². The number of carboxylic acid groups (broad SMARTS) is 1. The summed E-state index contributed by atoms with van der Waals surface area (Å²) in [6.07, 6.45) is 0. The molecule has 2 aromatic carbocycles. The van der Waals surface area contributed by atoms with Crippen molar-refractivity contribution in [2.75, 3.05) is 19.0 Å². The predicted molar refractivity (Wildman–Crippen MR) is 109 cm³/mol. The first kappa shape index (κ1) is 19.3. The van der Waals surface area contributed by atoms with Crippen molar-refractivity contribution < 1.29 is 14.6 Å². The summed E-state index contributed by atoms with van der Waals surface area (Å²) < 4.78 is 5.32. The Balaban J connectivity index is 1.76. The Morgan fingerprint density at radius 1 is 1.14 bits per heavy atom. The minimum absolute atomic E-state index is 0.276. The smallest absolute Gasteiger partial charge is 0.322 e. The largest absolute Gasteiger partial charge is 0.496 e. The van der Waals surface area contributed by atoms with E-state index < -0.39 is 5.97 Å². The highest BCUT2D eigenvalue weighted by Crippen LogP contribution is 2.26. The molecule has 0 spiro atoms. The standard InChI is InChI=1S/C19H19N5O3S/c1-27-15-10-6-5-9-14(15)11-20-18(21-12-16(25)26)22-19-24-23-17(28-19)13-7-3-2-4-8-13/h2-10H,11-12H2,1H3,(H,25,26)(H2,20,21,22,24). The Morgan fingerprint density at radius 3 is 2.64 bits per heavy atom. The summed E-state index contributed by atoms with van der Waals surface area (Å²) in [4.78, 5) is 15.4. The Morgan fingerprint density at radius 2 is 1.89 bits per heavy atom. The number of aliphatic carboxylic acids is 1. The molecule has 8 nitrogen and oxygen atoms in total. The number of guanidine groups is 1. The maximum Gasteiger partial charge on any atom is 0.322 e. The van der Waals surface area contributed by atoms with Gasteiger partial charge in [-0.2, -0.15) is 0 Å². The van der Waals surface area contributed by atoms with E-state index in [-0.39, 0.29) is 6.54 Å². The van der Waals surface area contributed by atoms with E-state index >= 15 is 0 Å². The molecule has 3 N–H and O–H groups in total. The molecule has 28 heavy (non-hydrogen) atoms. The topological polar surface area (TPSA) is 109 Å². The number of carbonyl (C=O) groups is 1. The molecule has 3 aromatic rings. The number of hydrogen-bond donors (Lipinski definition) is 3. The number of nitrogens with one attached hydrogen (secondary N) is 2. The molecule has 3 rings (SSSR count). The normalized spacial score (nSPS) is 11.1.